The third-order valence-electron chi connectivity index (χ3n) is 6.37. The number of carbonyl (C=O) groups excluding carboxylic acids is 2. The number of rotatable bonds is 9. The van der Waals surface area contributed by atoms with Crippen LogP contribution in [0.2, 0.25) is 0 Å². The van der Waals surface area contributed by atoms with Gasteiger partial charge in [-0.1, -0.05) is 54.6 Å². The van der Waals surface area contributed by atoms with E-state index in [1.54, 1.807) is 11.0 Å². The van der Waals surface area contributed by atoms with Crippen LogP contribution >= 0.6 is 0 Å². The van der Waals surface area contributed by atoms with E-state index >= 15 is 0 Å². The third-order valence-corrected chi connectivity index (χ3v) is 6.37. The van der Waals surface area contributed by atoms with Crippen molar-refractivity contribution in [2.45, 2.75) is 31.2 Å². The maximum atomic E-state index is 12.8. The Morgan fingerprint density at radius 3 is 2.27 bits per heavy atom. The Kier molecular flexibility index (Phi) is 6.77. The molecule has 2 N–H and O–H groups in total. The number of nitrogens with one attached hydrogen (secondary N) is 1. The van der Waals surface area contributed by atoms with Crippen LogP contribution in [0.4, 0.5) is 4.79 Å². The molecule has 0 saturated carbocycles. The fourth-order valence-electron chi connectivity index (χ4n) is 4.65. The van der Waals surface area contributed by atoms with E-state index in [0.29, 0.717) is 25.9 Å². The highest BCUT2D eigenvalue weighted by atomic mass is 16.5. The predicted molar refractivity (Wildman–Crippen MR) is 124 cm³/mol. The zero-order chi connectivity index (χ0) is 23.4. The van der Waals surface area contributed by atoms with Crippen LogP contribution in [-0.2, 0) is 14.3 Å². The number of alkyl carbamates (subject to hydrolysis) is 1. The Hall–Kier alpha value is -3.61. The van der Waals surface area contributed by atoms with Crippen molar-refractivity contribution < 1.29 is 24.2 Å². The molecule has 1 atom stereocenters. The summed E-state index contributed by atoms with van der Waals surface area (Å²) in [6, 6.07) is 15.5. The lowest BCUT2D eigenvalue weighted by atomic mass is 9.93. The standard InChI is InChI=1S/C26H28N2O5/c1-2-7-23(25(31)28-14-17(15-28)12-13-24(29)30)27-26(32)33-16-22-20-10-5-3-8-18(20)19-9-4-6-11-21(19)22/h2-6,8-11,17,22-23H,1,7,12-16H2,(H,27,32)(H,29,30). The number of aliphatic carboxylic acids is 1. The minimum Gasteiger partial charge on any atom is -0.481 e. The van der Waals surface area contributed by atoms with Gasteiger partial charge in [-0.25, -0.2) is 4.79 Å². The third kappa shape index (κ3) is 4.92. The van der Waals surface area contributed by atoms with Crippen LogP contribution in [0.1, 0.15) is 36.3 Å². The lowest BCUT2D eigenvalue weighted by molar-refractivity contribution is -0.141. The number of benzene rings is 2. The molecular formula is C26H28N2O5. The predicted octanol–water partition coefficient (Wildman–Crippen LogP) is 3.79. The number of carbonyl (C=O) groups is 3. The van der Waals surface area contributed by atoms with Crippen molar-refractivity contribution >= 4 is 18.0 Å². The molecule has 0 bridgehead atoms. The first-order valence-electron chi connectivity index (χ1n) is 11.2. The Labute approximate surface area is 193 Å². The fourth-order valence-corrected chi connectivity index (χ4v) is 4.65. The molecule has 1 unspecified atom stereocenters. The van der Waals surface area contributed by atoms with Crippen LogP contribution in [0.15, 0.2) is 61.2 Å². The van der Waals surface area contributed by atoms with Gasteiger partial charge < -0.3 is 20.1 Å². The monoisotopic (exact) mass is 448 g/mol. The van der Waals surface area contributed by atoms with Gasteiger partial charge in [0.05, 0.1) is 0 Å². The zero-order valence-corrected chi connectivity index (χ0v) is 18.4. The van der Waals surface area contributed by atoms with Gasteiger partial charge in [-0.3, -0.25) is 9.59 Å². The minimum atomic E-state index is -0.832. The van der Waals surface area contributed by atoms with E-state index in [0.717, 1.165) is 22.3 Å². The number of carboxylic acid groups (broad SMARTS) is 1. The lowest BCUT2D eigenvalue weighted by Crippen LogP contribution is -2.57. The van der Waals surface area contributed by atoms with E-state index in [1.165, 1.54) is 0 Å². The van der Waals surface area contributed by atoms with Gasteiger partial charge in [0, 0.05) is 25.4 Å². The summed E-state index contributed by atoms with van der Waals surface area (Å²) in [6.07, 6.45) is 1.89. The van der Waals surface area contributed by atoms with Crippen LogP contribution in [-0.4, -0.2) is 53.7 Å². The van der Waals surface area contributed by atoms with Crippen molar-refractivity contribution in [2.75, 3.05) is 19.7 Å². The van der Waals surface area contributed by atoms with Crippen molar-refractivity contribution in [1.29, 1.82) is 0 Å². The second-order valence-electron chi connectivity index (χ2n) is 8.59. The first-order chi connectivity index (χ1) is 16.0. The van der Waals surface area contributed by atoms with Crippen molar-refractivity contribution in [3.8, 4) is 11.1 Å². The van der Waals surface area contributed by atoms with E-state index in [1.807, 2.05) is 24.3 Å². The molecule has 0 spiro atoms. The SMILES string of the molecule is C=CCC(NC(=O)OCC1c2ccccc2-c2ccccc21)C(=O)N1CC(CCC(=O)O)C1. The largest absolute Gasteiger partial charge is 0.481 e. The van der Waals surface area contributed by atoms with Gasteiger partial charge in [-0.15, -0.1) is 6.58 Å². The van der Waals surface area contributed by atoms with Gasteiger partial charge in [-0.05, 0) is 41.0 Å². The van der Waals surface area contributed by atoms with E-state index in [-0.39, 0.29) is 30.8 Å². The molecule has 1 saturated heterocycles. The highest BCUT2D eigenvalue weighted by molar-refractivity contribution is 5.86. The number of hydrogen-bond donors (Lipinski definition) is 2. The normalized spacial score (nSPS) is 15.7. The number of nitrogens with zero attached hydrogens (tertiary/aromatic N) is 1. The molecule has 2 aromatic rings. The maximum Gasteiger partial charge on any atom is 0.407 e. The van der Waals surface area contributed by atoms with Crippen LogP contribution in [0, 0.1) is 5.92 Å². The topological polar surface area (TPSA) is 95.9 Å². The van der Waals surface area contributed by atoms with Crippen molar-refractivity contribution in [1.82, 2.24) is 10.2 Å². The van der Waals surface area contributed by atoms with E-state index in [2.05, 4.69) is 36.2 Å². The number of carboxylic acids is 1. The molecule has 2 amide bonds. The average molecular weight is 449 g/mol. The summed E-state index contributed by atoms with van der Waals surface area (Å²) in [4.78, 5) is 37.8. The molecule has 1 aliphatic heterocycles. The second kappa shape index (κ2) is 9.90. The molecule has 2 aromatic carbocycles. The zero-order valence-electron chi connectivity index (χ0n) is 18.4. The molecule has 1 fully saturated rings. The molecule has 33 heavy (non-hydrogen) atoms. The first kappa shape index (κ1) is 22.6. The van der Waals surface area contributed by atoms with Gasteiger partial charge in [0.2, 0.25) is 5.91 Å². The van der Waals surface area contributed by atoms with Gasteiger partial charge in [0.25, 0.3) is 0 Å². The summed E-state index contributed by atoms with van der Waals surface area (Å²) in [6.45, 7) is 4.88. The van der Waals surface area contributed by atoms with Gasteiger partial charge >= 0.3 is 12.1 Å². The van der Waals surface area contributed by atoms with E-state index in [4.69, 9.17) is 9.84 Å². The number of ether oxygens (including phenoxy) is 1. The molecule has 1 aliphatic carbocycles. The summed E-state index contributed by atoms with van der Waals surface area (Å²) in [7, 11) is 0. The molecule has 7 nitrogen and oxygen atoms in total. The quantitative estimate of drug-likeness (QED) is 0.569. The highest BCUT2D eigenvalue weighted by Crippen LogP contribution is 2.44. The Balaban J connectivity index is 1.33. The molecule has 7 heteroatoms. The van der Waals surface area contributed by atoms with Crippen molar-refractivity contribution in [2.24, 2.45) is 5.92 Å². The number of fused-ring (bicyclic) bond motifs is 3. The van der Waals surface area contributed by atoms with Crippen LogP contribution in [0.3, 0.4) is 0 Å². The highest BCUT2D eigenvalue weighted by Gasteiger charge is 2.35. The van der Waals surface area contributed by atoms with Crippen LogP contribution < -0.4 is 5.32 Å². The van der Waals surface area contributed by atoms with Crippen LogP contribution in [0.5, 0.6) is 0 Å². The fraction of sp³-hybridized carbons (Fsp3) is 0.346. The Morgan fingerprint density at radius 2 is 1.70 bits per heavy atom. The van der Waals surface area contributed by atoms with E-state index in [9.17, 15) is 14.4 Å². The minimum absolute atomic E-state index is 0.0536. The smallest absolute Gasteiger partial charge is 0.407 e. The molecular weight excluding hydrogens is 420 g/mol. The molecule has 4 rings (SSSR count). The molecule has 2 aliphatic rings. The molecule has 0 radical (unpaired) electrons. The van der Waals surface area contributed by atoms with Crippen molar-refractivity contribution in [3.63, 3.8) is 0 Å². The summed E-state index contributed by atoms with van der Waals surface area (Å²) in [5, 5.41) is 11.5. The maximum absolute atomic E-state index is 12.8. The summed E-state index contributed by atoms with van der Waals surface area (Å²) in [5.41, 5.74) is 4.55. The van der Waals surface area contributed by atoms with Crippen LogP contribution in [0.25, 0.3) is 11.1 Å². The second-order valence-corrected chi connectivity index (χ2v) is 8.59. The van der Waals surface area contributed by atoms with Gasteiger partial charge in [-0.2, -0.15) is 0 Å². The number of likely N-dealkylation sites (tertiary alicyclic amines) is 1. The Bertz CT molecular complexity index is 1010. The molecule has 1 heterocycles. The Morgan fingerprint density at radius 1 is 1.09 bits per heavy atom. The summed E-state index contributed by atoms with van der Waals surface area (Å²) >= 11 is 0. The molecule has 0 aromatic heterocycles. The lowest BCUT2D eigenvalue weighted by Gasteiger charge is -2.41. The summed E-state index contributed by atoms with van der Waals surface area (Å²) in [5.74, 6) is -0.901. The summed E-state index contributed by atoms with van der Waals surface area (Å²) < 4.78 is 5.56. The first-order valence-corrected chi connectivity index (χ1v) is 11.2. The van der Waals surface area contributed by atoms with Gasteiger partial charge in [0.15, 0.2) is 0 Å². The van der Waals surface area contributed by atoms with Crippen molar-refractivity contribution in [3.05, 3.63) is 72.3 Å². The number of amides is 2. The molecule has 172 valence electrons. The van der Waals surface area contributed by atoms with Gasteiger partial charge in [0.1, 0.15) is 12.6 Å². The number of hydrogen-bond acceptors (Lipinski definition) is 4. The average Bonchev–Trinajstić information content (AvgIpc) is 3.10. The van der Waals surface area contributed by atoms with E-state index < -0.39 is 18.1 Å².